The molecule has 1 aromatic carbocycles. The molecule has 6 heteroatoms. The number of likely N-dealkylation sites (tertiary alicyclic amines) is 1. The normalized spacial score (nSPS) is 18.5. The fourth-order valence-electron chi connectivity index (χ4n) is 2.91. The standard InChI is InChI=1S/C16H19FN4O/c1-11-18-16(20-19-11)14-8-4-5-9-21(14)15(22)10-12-6-2-3-7-13(12)17/h2-3,6-7,14H,4-5,8-10H2,1H3,(H,18,19,20)/t14-/m0/s1. The summed E-state index contributed by atoms with van der Waals surface area (Å²) < 4.78 is 13.7. The average molecular weight is 302 g/mol. The topological polar surface area (TPSA) is 61.9 Å². The van der Waals surface area contributed by atoms with Crippen molar-refractivity contribution in [1.29, 1.82) is 0 Å². The first kappa shape index (κ1) is 14.7. The Labute approximate surface area is 128 Å². The van der Waals surface area contributed by atoms with Crippen LogP contribution in [0.3, 0.4) is 0 Å². The molecule has 1 aromatic heterocycles. The zero-order valence-electron chi connectivity index (χ0n) is 12.6. The van der Waals surface area contributed by atoms with Crippen LogP contribution in [0.1, 0.15) is 42.5 Å². The van der Waals surface area contributed by atoms with Gasteiger partial charge in [-0.15, -0.1) is 0 Å². The first-order valence-corrected chi connectivity index (χ1v) is 7.57. The second-order valence-corrected chi connectivity index (χ2v) is 5.65. The highest BCUT2D eigenvalue weighted by Crippen LogP contribution is 2.29. The number of H-pyrrole nitrogens is 1. The summed E-state index contributed by atoms with van der Waals surface area (Å²) in [5.41, 5.74) is 0.433. The van der Waals surface area contributed by atoms with Crippen LogP contribution in [0.15, 0.2) is 24.3 Å². The number of halogens is 1. The van der Waals surface area contributed by atoms with Gasteiger partial charge < -0.3 is 4.90 Å². The number of aromatic amines is 1. The largest absolute Gasteiger partial charge is 0.332 e. The van der Waals surface area contributed by atoms with Crippen LogP contribution in [0.4, 0.5) is 4.39 Å². The Balaban J connectivity index is 1.78. The summed E-state index contributed by atoms with van der Waals surface area (Å²) in [6, 6.07) is 6.30. The van der Waals surface area contributed by atoms with Crippen molar-refractivity contribution in [3.8, 4) is 0 Å². The molecule has 116 valence electrons. The van der Waals surface area contributed by atoms with Crippen molar-refractivity contribution in [1.82, 2.24) is 20.1 Å². The number of hydrogen-bond acceptors (Lipinski definition) is 3. The van der Waals surface area contributed by atoms with E-state index in [1.54, 1.807) is 23.1 Å². The molecule has 0 radical (unpaired) electrons. The fourth-order valence-corrected chi connectivity index (χ4v) is 2.91. The predicted octanol–water partition coefficient (Wildman–Crippen LogP) is 2.55. The van der Waals surface area contributed by atoms with Crippen molar-refractivity contribution in [3.63, 3.8) is 0 Å². The number of carbonyl (C=O) groups excluding carboxylic acids is 1. The van der Waals surface area contributed by atoms with Crippen LogP contribution in [0.2, 0.25) is 0 Å². The molecule has 1 saturated heterocycles. The first-order valence-electron chi connectivity index (χ1n) is 7.57. The van der Waals surface area contributed by atoms with Gasteiger partial charge in [0.1, 0.15) is 11.6 Å². The number of nitrogens with zero attached hydrogens (tertiary/aromatic N) is 3. The molecule has 0 aliphatic carbocycles. The smallest absolute Gasteiger partial charge is 0.227 e. The highest BCUT2D eigenvalue weighted by Gasteiger charge is 2.30. The van der Waals surface area contributed by atoms with Gasteiger partial charge in [-0.3, -0.25) is 9.89 Å². The van der Waals surface area contributed by atoms with Crippen molar-refractivity contribution >= 4 is 5.91 Å². The number of nitrogens with one attached hydrogen (secondary N) is 1. The van der Waals surface area contributed by atoms with Crippen LogP contribution in [0.5, 0.6) is 0 Å². The van der Waals surface area contributed by atoms with Crippen molar-refractivity contribution in [2.24, 2.45) is 0 Å². The lowest BCUT2D eigenvalue weighted by Gasteiger charge is -2.34. The maximum absolute atomic E-state index is 13.7. The third-order valence-electron chi connectivity index (χ3n) is 4.04. The molecule has 1 N–H and O–H groups in total. The molecule has 0 bridgehead atoms. The minimum absolute atomic E-state index is 0.0720. The second-order valence-electron chi connectivity index (χ2n) is 5.65. The first-order chi connectivity index (χ1) is 10.6. The number of rotatable bonds is 3. The van der Waals surface area contributed by atoms with Gasteiger partial charge in [0, 0.05) is 6.54 Å². The summed E-state index contributed by atoms with van der Waals surface area (Å²) in [4.78, 5) is 18.8. The van der Waals surface area contributed by atoms with Crippen molar-refractivity contribution in [2.45, 2.75) is 38.6 Å². The maximum atomic E-state index is 13.7. The molecule has 1 aliphatic heterocycles. The molecule has 1 amide bonds. The molecule has 1 fully saturated rings. The number of piperidine rings is 1. The molecule has 22 heavy (non-hydrogen) atoms. The Morgan fingerprint density at radius 2 is 2.23 bits per heavy atom. The molecular weight excluding hydrogens is 283 g/mol. The highest BCUT2D eigenvalue weighted by atomic mass is 19.1. The lowest BCUT2D eigenvalue weighted by atomic mass is 10.00. The van der Waals surface area contributed by atoms with E-state index in [1.807, 2.05) is 6.92 Å². The van der Waals surface area contributed by atoms with E-state index >= 15 is 0 Å². The Bertz CT molecular complexity index is 670. The number of aromatic nitrogens is 3. The molecule has 2 heterocycles. The number of hydrogen-bond donors (Lipinski definition) is 1. The van der Waals surface area contributed by atoms with E-state index in [4.69, 9.17) is 0 Å². The van der Waals surface area contributed by atoms with E-state index in [9.17, 15) is 9.18 Å². The Morgan fingerprint density at radius 3 is 2.95 bits per heavy atom. The molecule has 0 unspecified atom stereocenters. The molecule has 1 aliphatic rings. The summed E-state index contributed by atoms with van der Waals surface area (Å²) in [5.74, 6) is 0.983. The number of amides is 1. The van der Waals surface area contributed by atoms with E-state index in [2.05, 4.69) is 15.2 Å². The van der Waals surface area contributed by atoms with Crippen LogP contribution >= 0.6 is 0 Å². The third kappa shape index (κ3) is 3.00. The third-order valence-corrected chi connectivity index (χ3v) is 4.04. The van der Waals surface area contributed by atoms with Gasteiger partial charge in [0.2, 0.25) is 5.91 Å². The van der Waals surface area contributed by atoms with E-state index in [0.29, 0.717) is 17.9 Å². The van der Waals surface area contributed by atoms with Gasteiger partial charge in [-0.05, 0) is 37.8 Å². The maximum Gasteiger partial charge on any atom is 0.227 e. The summed E-state index contributed by atoms with van der Waals surface area (Å²) in [5, 5.41) is 7.02. The van der Waals surface area contributed by atoms with Crippen molar-refractivity contribution in [3.05, 3.63) is 47.3 Å². The Morgan fingerprint density at radius 1 is 1.41 bits per heavy atom. The Kier molecular flexibility index (Phi) is 4.18. The molecule has 3 rings (SSSR count). The molecule has 1 atom stereocenters. The fraction of sp³-hybridized carbons (Fsp3) is 0.438. The summed E-state index contributed by atoms with van der Waals surface area (Å²) in [6.45, 7) is 2.51. The van der Waals surface area contributed by atoms with Gasteiger partial charge in [-0.25, -0.2) is 9.37 Å². The summed E-state index contributed by atoms with van der Waals surface area (Å²) in [7, 11) is 0. The van der Waals surface area contributed by atoms with E-state index in [1.165, 1.54) is 6.07 Å². The van der Waals surface area contributed by atoms with Crippen molar-refractivity contribution < 1.29 is 9.18 Å². The molecule has 2 aromatic rings. The van der Waals surface area contributed by atoms with Crippen LogP contribution in [-0.4, -0.2) is 32.5 Å². The number of aryl methyl sites for hydroxylation is 1. The van der Waals surface area contributed by atoms with Gasteiger partial charge in [0.05, 0.1) is 12.5 Å². The van der Waals surface area contributed by atoms with E-state index < -0.39 is 0 Å². The van der Waals surface area contributed by atoms with E-state index in [0.717, 1.165) is 25.1 Å². The lowest BCUT2D eigenvalue weighted by Crippen LogP contribution is -2.40. The molecule has 0 saturated carbocycles. The minimum atomic E-state index is -0.335. The van der Waals surface area contributed by atoms with Crippen LogP contribution in [0, 0.1) is 12.7 Å². The van der Waals surface area contributed by atoms with Gasteiger partial charge in [0.25, 0.3) is 0 Å². The van der Waals surface area contributed by atoms with Crippen LogP contribution < -0.4 is 0 Å². The van der Waals surface area contributed by atoms with Gasteiger partial charge in [-0.1, -0.05) is 18.2 Å². The zero-order chi connectivity index (χ0) is 15.5. The summed E-state index contributed by atoms with van der Waals surface area (Å²) >= 11 is 0. The monoisotopic (exact) mass is 302 g/mol. The highest BCUT2D eigenvalue weighted by molar-refractivity contribution is 5.79. The summed E-state index contributed by atoms with van der Waals surface area (Å²) in [6.07, 6.45) is 2.93. The predicted molar refractivity (Wildman–Crippen MR) is 79.5 cm³/mol. The quantitative estimate of drug-likeness (QED) is 0.947. The van der Waals surface area contributed by atoms with Crippen LogP contribution in [-0.2, 0) is 11.2 Å². The minimum Gasteiger partial charge on any atom is -0.332 e. The molecule has 5 nitrogen and oxygen atoms in total. The van der Waals surface area contributed by atoms with Crippen LogP contribution in [0.25, 0.3) is 0 Å². The number of benzene rings is 1. The van der Waals surface area contributed by atoms with Gasteiger partial charge in [0.15, 0.2) is 5.82 Å². The SMILES string of the molecule is Cc1nc([C@@H]2CCCCN2C(=O)Cc2ccccc2F)n[nH]1. The average Bonchev–Trinajstić information content (AvgIpc) is 2.96. The zero-order valence-corrected chi connectivity index (χ0v) is 12.6. The van der Waals surface area contributed by atoms with E-state index in [-0.39, 0.29) is 24.2 Å². The van der Waals surface area contributed by atoms with Gasteiger partial charge in [-0.2, -0.15) is 5.10 Å². The molecular formula is C16H19FN4O. The van der Waals surface area contributed by atoms with Crippen molar-refractivity contribution in [2.75, 3.05) is 6.54 Å². The lowest BCUT2D eigenvalue weighted by molar-refractivity contribution is -0.134. The van der Waals surface area contributed by atoms with Gasteiger partial charge >= 0.3 is 0 Å². The Hall–Kier alpha value is -2.24. The second kappa shape index (κ2) is 6.25. The molecule has 0 spiro atoms. The number of carbonyl (C=O) groups is 1.